The van der Waals surface area contributed by atoms with Crippen LogP contribution < -0.4 is 10.6 Å². The van der Waals surface area contributed by atoms with E-state index in [4.69, 9.17) is 0 Å². The lowest BCUT2D eigenvalue weighted by atomic mass is 9.95. The van der Waals surface area contributed by atoms with Gasteiger partial charge in [0.2, 0.25) is 5.91 Å². The van der Waals surface area contributed by atoms with E-state index >= 15 is 0 Å². The monoisotopic (exact) mass is 486 g/mol. The summed E-state index contributed by atoms with van der Waals surface area (Å²) in [7, 11) is 0. The highest BCUT2D eigenvalue weighted by Crippen LogP contribution is 2.49. The highest BCUT2D eigenvalue weighted by molar-refractivity contribution is 6.00. The van der Waals surface area contributed by atoms with Gasteiger partial charge in [0.15, 0.2) is 5.78 Å². The zero-order valence-corrected chi connectivity index (χ0v) is 18.7. The van der Waals surface area contributed by atoms with Gasteiger partial charge in [0.1, 0.15) is 5.82 Å². The molecule has 0 spiro atoms. The number of hydrogen-bond donors (Lipinski definition) is 2. The number of amides is 1. The third-order valence-corrected chi connectivity index (χ3v) is 5.88. The minimum absolute atomic E-state index is 0.0433. The Bertz CT molecular complexity index is 1260. The Hall–Kier alpha value is -3.82. The second kappa shape index (κ2) is 9.44. The van der Waals surface area contributed by atoms with E-state index in [9.17, 15) is 27.2 Å². The van der Waals surface area contributed by atoms with E-state index in [1.807, 2.05) is 0 Å². The number of nitrogens with one attached hydrogen (secondary N) is 2. The molecule has 0 radical (unpaired) electrons. The third kappa shape index (κ3) is 5.82. The molecule has 1 aliphatic carbocycles. The van der Waals surface area contributed by atoms with Crippen LogP contribution in [-0.4, -0.2) is 21.7 Å². The van der Waals surface area contributed by atoms with Crippen LogP contribution in [0.4, 0.5) is 28.9 Å². The SMILES string of the molecule is Cc1ccc(Nc2ccc(CNC(=O)C3(CC(=O)c4cncc(F)c4)CC3)nc2)c(C(F)(F)F)c1. The van der Waals surface area contributed by atoms with Crippen LogP contribution in [0, 0.1) is 18.2 Å². The first-order chi connectivity index (χ1) is 16.6. The molecular weight excluding hydrogens is 464 g/mol. The van der Waals surface area contributed by atoms with Gasteiger partial charge in [-0.2, -0.15) is 13.2 Å². The molecular formula is C25H22F4N4O2. The number of rotatable bonds is 8. The average molecular weight is 486 g/mol. The fraction of sp³-hybridized carbons (Fsp3) is 0.280. The van der Waals surface area contributed by atoms with E-state index in [2.05, 4.69) is 20.6 Å². The Morgan fingerprint density at radius 3 is 2.46 bits per heavy atom. The molecule has 6 nitrogen and oxygen atoms in total. The Labute approximate surface area is 198 Å². The van der Waals surface area contributed by atoms with Gasteiger partial charge >= 0.3 is 6.18 Å². The molecule has 1 aromatic carbocycles. The van der Waals surface area contributed by atoms with Crippen LogP contribution in [0.25, 0.3) is 0 Å². The van der Waals surface area contributed by atoms with Gasteiger partial charge in [0.05, 0.1) is 47.0 Å². The lowest BCUT2D eigenvalue weighted by Gasteiger charge is -2.16. The molecule has 1 amide bonds. The Morgan fingerprint density at radius 1 is 1.06 bits per heavy atom. The summed E-state index contributed by atoms with van der Waals surface area (Å²) in [5.41, 5.74) is -0.204. The number of Topliss-reactive ketones (excluding diaryl/α,β-unsaturated/α-hetero) is 1. The number of ketones is 1. The predicted octanol–water partition coefficient (Wildman–Crippen LogP) is 5.36. The molecule has 10 heteroatoms. The molecule has 1 fully saturated rings. The van der Waals surface area contributed by atoms with Crippen LogP contribution in [0.15, 0.2) is 55.0 Å². The van der Waals surface area contributed by atoms with Crippen molar-refractivity contribution in [3.05, 3.63) is 83.2 Å². The predicted molar refractivity (Wildman–Crippen MR) is 120 cm³/mol. The first kappa shape index (κ1) is 24.3. The summed E-state index contributed by atoms with van der Waals surface area (Å²) in [5.74, 6) is -1.27. The summed E-state index contributed by atoms with van der Waals surface area (Å²) in [6, 6.07) is 8.27. The number of anilines is 2. The smallest absolute Gasteiger partial charge is 0.354 e. The van der Waals surface area contributed by atoms with E-state index in [0.29, 0.717) is 29.8 Å². The van der Waals surface area contributed by atoms with Crippen LogP contribution in [0.1, 0.15) is 46.4 Å². The lowest BCUT2D eigenvalue weighted by Crippen LogP contribution is -2.33. The van der Waals surface area contributed by atoms with Crippen LogP contribution in [0.5, 0.6) is 0 Å². The van der Waals surface area contributed by atoms with Crippen molar-refractivity contribution < 1.29 is 27.2 Å². The van der Waals surface area contributed by atoms with Crippen LogP contribution in [0.3, 0.4) is 0 Å². The number of alkyl halides is 3. The summed E-state index contributed by atoms with van der Waals surface area (Å²) >= 11 is 0. The van der Waals surface area contributed by atoms with Crippen LogP contribution in [-0.2, 0) is 17.5 Å². The normalized spacial score (nSPS) is 14.3. The van der Waals surface area contributed by atoms with Crippen molar-refractivity contribution in [2.24, 2.45) is 5.41 Å². The molecule has 2 heterocycles. The topological polar surface area (TPSA) is 84.0 Å². The number of benzene rings is 1. The van der Waals surface area contributed by atoms with E-state index in [1.165, 1.54) is 18.5 Å². The second-order valence-corrected chi connectivity index (χ2v) is 8.66. The maximum atomic E-state index is 13.3. The molecule has 2 aromatic heterocycles. The molecule has 1 aliphatic rings. The maximum Gasteiger partial charge on any atom is 0.418 e. The van der Waals surface area contributed by atoms with Gasteiger partial charge in [0.25, 0.3) is 0 Å². The summed E-state index contributed by atoms with van der Waals surface area (Å²) in [6.45, 7) is 1.68. The number of aryl methyl sites for hydroxylation is 1. The van der Waals surface area contributed by atoms with Gasteiger partial charge in [-0.15, -0.1) is 0 Å². The number of carbonyl (C=O) groups is 2. The molecule has 0 aliphatic heterocycles. The average Bonchev–Trinajstić information content (AvgIpc) is 3.59. The first-order valence-corrected chi connectivity index (χ1v) is 10.9. The van der Waals surface area contributed by atoms with E-state index in [1.54, 1.807) is 25.1 Å². The molecule has 2 N–H and O–H groups in total. The van der Waals surface area contributed by atoms with Crippen LogP contribution in [0.2, 0.25) is 0 Å². The summed E-state index contributed by atoms with van der Waals surface area (Å²) in [4.78, 5) is 33.0. The Balaban J connectivity index is 1.35. The molecule has 1 saturated carbocycles. The minimum Gasteiger partial charge on any atom is -0.354 e. The van der Waals surface area contributed by atoms with Crippen molar-refractivity contribution in [3.8, 4) is 0 Å². The standard InChI is InChI=1S/C25H22F4N4O2/c1-15-2-5-21(20(8-15)25(27,28)29)33-19-4-3-18(31-14-19)13-32-23(35)24(6-7-24)10-22(34)16-9-17(26)12-30-11-16/h2-5,8-9,11-12,14,33H,6-7,10,13H2,1H3,(H,32,35). The van der Waals surface area contributed by atoms with Crippen molar-refractivity contribution in [2.75, 3.05) is 5.32 Å². The fourth-order valence-corrected chi connectivity index (χ4v) is 3.73. The number of carbonyl (C=O) groups excluding carboxylic acids is 2. The van der Waals surface area contributed by atoms with Gasteiger partial charge in [-0.3, -0.25) is 19.6 Å². The molecule has 0 unspecified atom stereocenters. The number of pyridine rings is 2. The van der Waals surface area contributed by atoms with Gasteiger partial charge in [-0.25, -0.2) is 4.39 Å². The summed E-state index contributed by atoms with van der Waals surface area (Å²) in [5, 5.41) is 5.50. The van der Waals surface area contributed by atoms with E-state index in [-0.39, 0.29) is 35.9 Å². The van der Waals surface area contributed by atoms with Crippen molar-refractivity contribution >= 4 is 23.1 Å². The van der Waals surface area contributed by atoms with Crippen molar-refractivity contribution in [3.63, 3.8) is 0 Å². The molecule has 0 bridgehead atoms. The Kier molecular flexibility index (Phi) is 6.56. The van der Waals surface area contributed by atoms with Gasteiger partial charge < -0.3 is 10.6 Å². The van der Waals surface area contributed by atoms with Crippen molar-refractivity contribution in [1.82, 2.24) is 15.3 Å². The third-order valence-electron chi connectivity index (χ3n) is 5.88. The summed E-state index contributed by atoms with van der Waals surface area (Å²) in [6.07, 6.45) is 0.196. The first-order valence-electron chi connectivity index (χ1n) is 10.9. The second-order valence-electron chi connectivity index (χ2n) is 8.66. The van der Waals surface area contributed by atoms with E-state index in [0.717, 1.165) is 18.3 Å². The molecule has 4 rings (SSSR count). The lowest BCUT2D eigenvalue weighted by molar-refractivity contribution is -0.137. The molecule has 182 valence electrons. The number of halogens is 4. The quantitative estimate of drug-likeness (QED) is 0.331. The molecule has 0 saturated heterocycles. The summed E-state index contributed by atoms with van der Waals surface area (Å²) < 4.78 is 53.3. The number of nitrogens with zero attached hydrogens (tertiary/aromatic N) is 2. The van der Waals surface area contributed by atoms with Crippen LogP contribution >= 0.6 is 0 Å². The number of hydrogen-bond acceptors (Lipinski definition) is 5. The largest absolute Gasteiger partial charge is 0.418 e. The minimum atomic E-state index is -4.50. The maximum absolute atomic E-state index is 13.3. The van der Waals surface area contributed by atoms with Crippen molar-refractivity contribution in [2.45, 2.75) is 38.9 Å². The molecule has 0 atom stereocenters. The van der Waals surface area contributed by atoms with Gasteiger partial charge in [0, 0.05) is 18.2 Å². The van der Waals surface area contributed by atoms with E-state index < -0.39 is 23.0 Å². The highest BCUT2D eigenvalue weighted by Gasteiger charge is 2.51. The zero-order chi connectivity index (χ0) is 25.2. The zero-order valence-electron chi connectivity index (χ0n) is 18.7. The fourth-order valence-electron chi connectivity index (χ4n) is 3.73. The van der Waals surface area contributed by atoms with Gasteiger partial charge in [-0.05, 0) is 50.1 Å². The molecule has 35 heavy (non-hydrogen) atoms. The van der Waals surface area contributed by atoms with Crippen molar-refractivity contribution in [1.29, 1.82) is 0 Å². The molecule has 3 aromatic rings. The van der Waals surface area contributed by atoms with Gasteiger partial charge in [-0.1, -0.05) is 11.6 Å². The number of aromatic nitrogens is 2. The highest BCUT2D eigenvalue weighted by atomic mass is 19.4. The Morgan fingerprint density at radius 2 is 1.83 bits per heavy atom.